The van der Waals surface area contributed by atoms with Gasteiger partial charge < -0.3 is 10.0 Å². The third-order valence-corrected chi connectivity index (χ3v) is 2.71. The molecule has 1 heterocycles. The Balaban J connectivity index is 2.37. The van der Waals surface area contributed by atoms with Gasteiger partial charge in [0.05, 0.1) is 5.69 Å². The Bertz CT molecular complexity index is 345. The summed E-state index contributed by atoms with van der Waals surface area (Å²) >= 11 is 0. The first-order chi connectivity index (χ1) is 6.68. The van der Waals surface area contributed by atoms with E-state index in [1.807, 2.05) is 4.90 Å². The minimum absolute atomic E-state index is 0.174. The molecule has 1 fully saturated rings. The SMILES string of the molecule is Cc1cc(F)c(N2CCCC2)cc1O. The topological polar surface area (TPSA) is 23.5 Å². The van der Waals surface area contributed by atoms with Crippen molar-refractivity contribution in [2.45, 2.75) is 19.8 Å². The second-order valence-corrected chi connectivity index (χ2v) is 3.78. The molecule has 0 bridgehead atoms. The molecule has 0 unspecified atom stereocenters. The fraction of sp³-hybridized carbons (Fsp3) is 0.455. The summed E-state index contributed by atoms with van der Waals surface area (Å²) in [6.45, 7) is 3.48. The molecule has 1 aliphatic heterocycles. The van der Waals surface area contributed by atoms with Crippen LogP contribution in [0.1, 0.15) is 18.4 Å². The van der Waals surface area contributed by atoms with Crippen LogP contribution in [0.25, 0.3) is 0 Å². The van der Waals surface area contributed by atoms with Gasteiger partial charge in [0.1, 0.15) is 11.6 Å². The van der Waals surface area contributed by atoms with Crippen molar-refractivity contribution in [1.29, 1.82) is 0 Å². The van der Waals surface area contributed by atoms with Crippen molar-refractivity contribution < 1.29 is 9.50 Å². The highest BCUT2D eigenvalue weighted by Gasteiger charge is 2.17. The molecule has 14 heavy (non-hydrogen) atoms. The molecule has 0 spiro atoms. The highest BCUT2D eigenvalue weighted by atomic mass is 19.1. The standard InChI is InChI=1S/C11H14FNO/c1-8-6-9(12)10(7-11(8)14)13-4-2-3-5-13/h6-7,14H,2-5H2,1H3. The summed E-state index contributed by atoms with van der Waals surface area (Å²) in [4.78, 5) is 1.98. The van der Waals surface area contributed by atoms with Gasteiger partial charge >= 0.3 is 0 Å². The predicted molar refractivity (Wildman–Crippen MR) is 54.2 cm³/mol. The third-order valence-electron chi connectivity index (χ3n) is 2.71. The molecule has 1 aromatic carbocycles. The van der Waals surface area contributed by atoms with Crippen LogP contribution < -0.4 is 4.90 Å². The molecule has 1 aromatic rings. The predicted octanol–water partition coefficient (Wildman–Crippen LogP) is 2.44. The molecule has 1 N–H and O–H groups in total. The van der Waals surface area contributed by atoms with Crippen molar-refractivity contribution in [1.82, 2.24) is 0 Å². The van der Waals surface area contributed by atoms with E-state index in [0.29, 0.717) is 11.3 Å². The normalized spacial score (nSPS) is 16.3. The zero-order chi connectivity index (χ0) is 10.1. The fourth-order valence-electron chi connectivity index (χ4n) is 1.85. The van der Waals surface area contributed by atoms with E-state index in [0.717, 1.165) is 25.9 Å². The average molecular weight is 195 g/mol. The summed E-state index contributed by atoms with van der Waals surface area (Å²) in [6.07, 6.45) is 2.21. The van der Waals surface area contributed by atoms with Gasteiger partial charge in [0.15, 0.2) is 0 Å². The molecule has 1 aliphatic rings. The van der Waals surface area contributed by atoms with E-state index in [2.05, 4.69) is 0 Å². The number of anilines is 1. The lowest BCUT2D eigenvalue weighted by atomic mass is 10.2. The van der Waals surface area contributed by atoms with E-state index in [1.54, 1.807) is 6.92 Å². The van der Waals surface area contributed by atoms with Crippen LogP contribution in [0.15, 0.2) is 12.1 Å². The molecule has 2 rings (SSSR count). The van der Waals surface area contributed by atoms with Crippen molar-refractivity contribution >= 4 is 5.69 Å². The number of phenols is 1. The molecule has 0 radical (unpaired) electrons. The van der Waals surface area contributed by atoms with Crippen LogP contribution in [-0.4, -0.2) is 18.2 Å². The zero-order valence-electron chi connectivity index (χ0n) is 8.26. The lowest BCUT2D eigenvalue weighted by Gasteiger charge is -2.18. The Morgan fingerprint density at radius 1 is 1.29 bits per heavy atom. The number of hydrogen-bond donors (Lipinski definition) is 1. The van der Waals surface area contributed by atoms with Crippen LogP contribution in [0.5, 0.6) is 5.75 Å². The van der Waals surface area contributed by atoms with Crippen LogP contribution in [0.3, 0.4) is 0 Å². The van der Waals surface area contributed by atoms with Crippen molar-refractivity contribution in [2.75, 3.05) is 18.0 Å². The number of phenolic OH excluding ortho intramolecular Hbond substituents is 1. The zero-order valence-corrected chi connectivity index (χ0v) is 8.26. The maximum absolute atomic E-state index is 13.5. The Morgan fingerprint density at radius 3 is 2.57 bits per heavy atom. The fourth-order valence-corrected chi connectivity index (χ4v) is 1.85. The van der Waals surface area contributed by atoms with Gasteiger partial charge in [-0.15, -0.1) is 0 Å². The number of aryl methyl sites for hydroxylation is 1. The molecule has 0 saturated carbocycles. The summed E-state index contributed by atoms with van der Waals surface area (Å²) in [7, 11) is 0. The molecule has 0 atom stereocenters. The second kappa shape index (κ2) is 3.48. The number of halogens is 1. The third kappa shape index (κ3) is 1.54. The van der Waals surface area contributed by atoms with E-state index >= 15 is 0 Å². The highest BCUT2D eigenvalue weighted by Crippen LogP contribution is 2.29. The smallest absolute Gasteiger partial charge is 0.147 e. The molecular weight excluding hydrogens is 181 g/mol. The van der Waals surface area contributed by atoms with Gasteiger partial charge in [-0.25, -0.2) is 4.39 Å². The van der Waals surface area contributed by atoms with Gasteiger partial charge in [0.2, 0.25) is 0 Å². The minimum atomic E-state index is -0.234. The Hall–Kier alpha value is -1.25. The first kappa shape index (κ1) is 9.31. The van der Waals surface area contributed by atoms with Crippen LogP contribution in [0.4, 0.5) is 10.1 Å². The van der Waals surface area contributed by atoms with Crippen LogP contribution >= 0.6 is 0 Å². The van der Waals surface area contributed by atoms with Crippen LogP contribution in [0.2, 0.25) is 0 Å². The van der Waals surface area contributed by atoms with Gasteiger partial charge in [0, 0.05) is 19.2 Å². The van der Waals surface area contributed by atoms with Gasteiger partial charge in [-0.2, -0.15) is 0 Å². The van der Waals surface area contributed by atoms with Crippen LogP contribution in [0, 0.1) is 12.7 Å². The Morgan fingerprint density at radius 2 is 1.93 bits per heavy atom. The molecule has 3 heteroatoms. The number of benzene rings is 1. The van der Waals surface area contributed by atoms with Crippen molar-refractivity contribution in [3.63, 3.8) is 0 Å². The van der Waals surface area contributed by atoms with Gasteiger partial charge in [-0.1, -0.05) is 0 Å². The van der Waals surface area contributed by atoms with Gasteiger partial charge in [0.25, 0.3) is 0 Å². The maximum Gasteiger partial charge on any atom is 0.147 e. The summed E-state index contributed by atoms with van der Waals surface area (Å²) in [5.74, 6) is -0.0597. The minimum Gasteiger partial charge on any atom is -0.508 e. The average Bonchev–Trinajstić information content (AvgIpc) is 2.64. The van der Waals surface area contributed by atoms with E-state index in [1.165, 1.54) is 12.1 Å². The van der Waals surface area contributed by atoms with Crippen LogP contribution in [-0.2, 0) is 0 Å². The number of nitrogens with zero attached hydrogens (tertiary/aromatic N) is 1. The monoisotopic (exact) mass is 195 g/mol. The van der Waals surface area contributed by atoms with Gasteiger partial charge in [-0.05, 0) is 31.4 Å². The first-order valence-electron chi connectivity index (χ1n) is 4.92. The molecule has 0 aliphatic carbocycles. The largest absolute Gasteiger partial charge is 0.508 e. The maximum atomic E-state index is 13.5. The Kier molecular flexibility index (Phi) is 2.32. The summed E-state index contributed by atoms with van der Waals surface area (Å²) in [6, 6.07) is 2.92. The highest BCUT2D eigenvalue weighted by molar-refractivity contribution is 5.54. The quantitative estimate of drug-likeness (QED) is 0.744. The molecule has 2 nitrogen and oxygen atoms in total. The van der Waals surface area contributed by atoms with Crippen molar-refractivity contribution in [3.8, 4) is 5.75 Å². The molecule has 0 aromatic heterocycles. The lowest BCUT2D eigenvalue weighted by molar-refractivity contribution is 0.468. The molecule has 76 valence electrons. The van der Waals surface area contributed by atoms with E-state index in [-0.39, 0.29) is 11.6 Å². The summed E-state index contributed by atoms with van der Waals surface area (Å²) < 4.78 is 13.5. The number of hydrogen-bond acceptors (Lipinski definition) is 2. The summed E-state index contributed by atoms with van der Waals surface area (Å²) in [5.41, 5.74) is 1.12. The van der Waals surface area contributed by atoms with Crippen molar-refractivity contribution in [3.05, 3.63) is 23.5 Å². The summed E-state index contributed by atoms with van der Waals surface area (Å²) in [5, 5.41) is 9.49. The molecule has 0 amide bonds. The van der Waals surface area contributed by atoms with Gasteiger partial charge in [-0.3, -0.25) is 0 Å². The first-order valence-corrected chi connectivity index (χ1v) is 4.92. The molecular formula is C11H14FNO. The van der Waals surface area contributed by atoms with E-state index in [9.17, 15) is 9.50 Å². The second-order valence-electron chi connectivity index (χ2n) is 3.78. The van der Waals surface area contributed by atoms with E-state index < -0.39 is 0 Å². The Labute approximate surface area is 83.0 Å². The van der Waals surface area contributed by atoms with E-state index in [4.69, 9.17) is 0 Å². The lowest BCUT2D eigenvalue weighted by Crippen LogP contribution is -2.18. The number of aromatic hydroxyl groups is 1. The van der Waals surface area contributed by atoms with Crippen molar-refractivity contribution in [2.24, 2.45) is 0 Å². The number of rotatable bonds is 1. The molecule has 1 saturated heterocycles.